The van der Waals surface area contributed by atoms with E-state index in [0.29, 0.717) is 17.1 Å². The van der Waals surface area contributed by atoms with Gasteiger partial charge in [0.05, 0.1) is 5.52 Å². The fraction of sp³-hybridized carbons (Fsp3) is 0.0588. The fourth-order valence-electron chi connectivity index (χ4n) is 2.25. The molecule has 2 aromatic heterocycles. The van der Waals surface area contributed by atoms with E-state index >= 15 is 0 Å². The average Bonchev–Trinajstić information content (AvgIpc) is 2.95. The summed E-state index contributed by atoms with van der Waals surface area (Å²) in [6.45, 7) is 1.71. The molecule has 2 heterocycles. The lowest BCUT2D eigenvalue weighted by Gasteiger charge is -2.02. The van der Waals surface area contributed by atoms with Crippen LogP contribution >= 0.6 is 0 Å². The molecule has 1 aromatic carbocycles. The highest BCUT2D eigenvalue weighted by atomic mass is 16.4. The molecule has 0 amide bonds. The second-order valence-corrected chi connectivity index (χ2v) is 4.71. The van der Waals surface area contributed by atoms with Gasteiger partial charge in [-0.2, -0.15) is 0 Å². The Morgan fingerprint density at radius 3 is 2.81 bits per heavy atom. The second kappa shape index (κ2) is 5.25. The summed E-state index contributed by atoms with van der Waals surface area (Å²) in [5, 5.41) is 9.82. The standard InChI is InChI=1S/C17H13NO3/c1-11(10-16(19)20)14-7-8-15(21-14)13-6-2-4-12-5-3-9-18-17(12)13/h2-10H,1H3,(H,19,20)/b11-10+. The Morgan fingerprint density at radius 1 is 1.19 bits per heavy atom. The summed E-state index contributed by atoms with van der Waals surface area (Å²) >= 11 is 0. The Labute approximate surface area is 121 Å². The number of para-hydroxylation sites is 1. The molecule has 3 rings (SSSR count). The summed E-state index contributed by atoms with van der Waals surface area (Å²) < 4.78 is 5.77. The third kappa shape index (κ3) is 2.56. The number of fused-ring (bicyclic) bond motifs is 1. The molecule has 0 unspecified atom stereocenters. The largest absolute Gasteiger partial charge is 0.478 e. The van der Waals surface area contributed by atoms with Crippen LogP contribution in [0.2, 0.25) is 0 Å². The Bertz CT molecular complexity index is 841. The minimum atomic E-state index is -0.989. The van der Waals surface area contributed by atoms with Gasteiger partial charge in [-0.3, -0.25) is 4.98 Å². The predicted octanol–water partition coefficient (Wildman–Crippen LogP) is 3.98. The third-order valence-corrected chi connectivity index (χ3v) is 3.23. The van der Waals surface area contributed by atoms with Gasteiger partial charge >= 0.3 is 5.97 Å². The number of carboxylic acid groups (broad SMARTS) is 1. The maximum Gasteiger partial charge on any atom is 0.328 e. The van der Waals surface area contributed by atoms with Gasteiger partial charge in [0.15, 0.2) is 0 Å². The van der Waals surface area contributed by atoms with E-state index in [1.54, 1.807) is 19.2 Å². The molecule has 4 heteroatoms. The molecular formula is C17H13NO3. The van der Waals surface area contributed by atoms with Gasteiger partial charge in [0.1, 0.15) is 11.5 Å². The quantitative estimate of drug-likeness (QED) is 0.736. The second-order valence-electron chi connectivity index (χ2n) is 4.71. The zero-order chi connectivity index (χ0) is 14.8. The maximum atomic E-state index is 10.7. The molecule has 1 N–H and O–H groups in total. The first-order valence-corrected chi connectivity index (χ1v) is 6.51. The lowest BCUT2D eigenvalue weighted by Crippen LogP contribution is -1.88. The minimum absolute atomic E-state index is 0.542. The number of carbonyl (C=O) groups is 1. The fourth-order valence-corrected chi connectivity index (χ4v) is 2.25. The highest BCUT2D eigenvalue weighted by Crippen LogP contribution is 2.30. The van der Waals surface area contributed by atoms with Crippen LogP contribution < -0.4 is 0 Å². The van der Waals surface area contributed by atoms with E-state index in [1.165, 1.54) is 0 Å². The number of benzene rings is 1. The van der Waals surface area contributed by atoms with Crippen molar-refractivity contribution in [2.75, 3.05) is 0 Å². The Hall–Kier alpha value is -2.88. The monoisotopic (exact) mass is 279 g/mol. The van der Waals surface area contributed by atoms with Crippen molar-refractivity contribution < 1.29 is 14.3 Å². The molecule has 0 bridgehead atoms. The molecule has 0 aliphatic carbocycles. The molecule has 0 saturated heterocycles. The van der Waals surface area contributed by atoms with Gasteiger partial charge in [0.25, 0.3) is 0 Å². The molecule has 0 atom stereocenters. The van der Waals surface area contributed by atoms with Crippen molar-refractivity contribution in [2.24, 2.45) is 0 Å². The van der Waals surface area contributed by atoms with E-state index in [-0.39, 0.29) is 0 Å². The van der Waals surface area contributed by atoms with Crippen molar-refractivity contribution in [3.8, 4) is 11.3 Å². The van der Waals surface area contributed by atoms with Crippen LogP contribution in [-0.4, -0.2) is 16.1 Å². The summed E-state index contributed by atoms with van der Waals surface area (Å²) in [6, 6.07) is 13.4. The number of aromatic nitrogens is 1. The van der Waals surface area contributed by atoms with Gasteiger partial charge in [-0.15, -0.1) is 0 Å². The van der Waals surface area contributed by atoms with Gasteiger partial charge in [0, 0.05) is 23.2 Å². The van der Waals surface area contributed by atoms with Crippen molar-refractivity contribution >= 4 is 22.4 Å². The van der Waals surface area contributed by atoms with Crippen LogP contribution in [0.5, 0.6) is 0 Å². The number of aliphatic carboxylic acids is 1. The molecule has 104 valence electrons. The third-order valence-electron chi connectivity index (χ3n) is 3.23. The molecule has 3 aromatic rings. The highest BCUT2D eigenvalue weighted by Gasteiger charge is 2.10. The van der Waals surface area contributed by atoms with Gasteiger partial charge in [-0.1, -0.05) is 18.2 Å². The van der Waals surface area contributed by atoms with Crippen molar-refractivity contribution in [1.82, 2.24) is 4.98 Å². The van der Waals surface area contributed by atoms with Crippen LogP contribution in [0.4, 0.5) is 0 Å². The normalized spacial score (nSPS) is 11.8. The number of pyridine rings is 1. The first-order chi connectivity index (χ1) is 10.1. The lowest BCUT2D eigenvalue weighted by molar-refractivity contribution is -0.131. The first-order valence-electron chi connectivity index (χ1n) is 6.51. The summed E-state index contributed by atoms with van der Waals surface area (Å²) in [7, 11) is 0. The zero-order valence-corrected chi connectivity index (χ0v) is 11.4. The predicted molar refractivity (Wildman–Crippen MR) is 80.7 cm³/mol. The van der Waals surface area contributed by atoms with Crippen molar-refractivity contribution in [2.45, 2.75) is 6.92 Å². The molecular weight excluding hydrogens is 266 g/mol. The maximum absolute atomic E-state index is 10.7. The number of hydrogen-bond donors (Lipinski definition) is 1. The summed E-state index contributed by atoms with van der Waals surface area (Å²) in [5.74, 6) is 0.227. The summed E-state index contributed by atoms with van der Waals surface area (Å²) in [4.78, 5) is 15.1. The number of rotatable bonds is 3. The van der Waals surface area contributed by atoms with E-state index in [1.807, 2.05) is 36.4 Å². The van der Waals surface area contributed by atoms with Crippen LogP contribution in [0.15, 0.2) is 59.2 Å². The van der Waals surface area contributed by atoms with Gasteiger partial charge in [-0.05, 0) is 36.8 Å². The van der Waals surface area contributed by atoms with Crippen molar-refractivity contribution in [3.63, 3.8) is 0 Å². The van der Waals surface area contributed by atoms with Crippen LogP contribution in [0.25, 0.3) is 27.8 Å². The number of carboxylic acids is 1. The SMILES string of the molecule is C/C(=C\C(=O)O)c1ccc(-c2cccc3cccnc23)o1. The average molecular weight is 279 g/mol. The van der Waals surface area contributed by atoms with Gasteiger partial charge in [-0.25, -0.2) is 4.79 Å². The molecule has 4 nitrogen and oxygen atoms in total. The number of hydrogen-bond acceptors (Lipinski definition) is 3. The number of allylic oxidation sites excluding steroid dienone is 1. The Kier molecular flexibility index (Phi) is 3.28. The summed E-state index contributed by atoms with van der Waals surface area (Å²) in [5.41, 5.74) is 2.32. The van der Waals surface area contributed by atoms with Crippen LogP contribution in [-0.2, 0) is 4.79 Å². The molecule has 0 radical (unpaired) electrons. The Morgan fingerprint density at radius 2 is 2.00 bits per heavy atom. The number of nitrogens with zero attached hydrogens (tertiary/aromatic N) is 1. The van der Waals surface area contributed by atoms with E-state index in [0.717, 1.165) is 22.5 Å². The van der Waals surface area contributed by atoms with Gasteiger partial charge in [0.2, 0.25) is 0 Å². The zero-order valence-electron chi connectivity index (χ0n) is 11.4. The van der Waals surface area contributed by atoms with Crippen molar-refractivity contribution in [1.29, 1.82) is 0 Å². The van der Waals surface area contributed by atoms with Gasteiger partial charge < -0.3 is 9.52 Å². The van der Waals surface area contributed by atoms with E-state index in [4.69, 9.17) is 9.52 Å². The summed E-state index contributed by atoms with van der Waals surface area (Å²) in [6.07, 6.45) is 2.87. The van der Waals surface area contributed by atoms with E-state index in [2.05, 4.69) is 4.98 Å². The van der Waals surface area contributed by atoms with Crippen LogP contribution in [0, 0.1) is 0 Å². The molecule has 0 saturated carbocycles. The van der Waals surface area contributed by atoms with Crippen LogP contribution in [0.1, 0.15) is 12.7 Å². The minimum Gasteiger partial charge on any atom is -0.478 e. The first kappa shape index (κ1) is 13.1. The topological polar surface area (TPSA) is 63.3 Å². The lowest BCUT2D eigenvalue weighted by atomic mass is 10.1. The van der Waals surface area contributed by atoms with Crippen LogP contribution in [0.3, 0.4) is 0 Å². The molecule has 21 heavy (non-hydrogen) atoms. The molecule has 0 spiro atoms. The van der Waals surface area contributed by atoms with Crippen molar-refractivity contribution in [3.05, 3.63) is 60.5 Å². The highest BCUT2D eigenvalue weighted by molar-refractivity contribution is 5.93. The van der Waals surface area contributed by atoms with E-state index in [9.17, 15) is 4.79 Å². The van der Waals surface area contributed by atoms with E-state index < -0.39 is 5.97 Å². The molecule has 0 fully saturated rings. The molecule has 0 aliphatic heterocycles. The number of furan rings is 1. The molecule has 0 aliphatic rings. The smallest absolute Gasteiger partial charge is 0.328 e. The Balaban J connectivity index is 2.09.